The predicted molar refractivity (Wildman–Crippen MR) is 55.0 cm³/mol. The molecule has 1 unspecified atom stereocenters. The number of ether oxygens (including phenoxy) is 1. The number of likely N-dealkylation sites (tertiary alicyclic amines) is 1. The monoisotopic (exact) mass is 214 g/mol. The Bertz CT molecular complexity index is 243. The van der Waals surface area contributed by atoms with Gasteiger partial charge in [-0.1, -0.05) is 0 Å². The number of piperidine rings is 1. The van der Waals surface area contributed by atoms with Crippen LogP contribution in [0.1, 0.15) is 25.7 Å². The molecule has 0 aromatic carbocycles. The van der Waals surface area contributed by atoms with Gasteiger partial charge in [-0.3, -0.25) is 9.59 Å². The first kappa shape index (κ1) is 12.0. The molecule has 15 heavy (non-hydrogen) atoms. The van der Waals surface area contributed by atoms with Crippen LogP contribution in [0.4, 0.5) is 0 Å². The van der Waals surface area contributed by atoms with Crippen LogP contribution in [0.15, 0.2) is 0 Å². The molecule has 1 atom stereocenters. The molecule has 5 heteroatoms. The molecule has 1 aliphatic heterocycles. The van der Waals surface area contributed by atoms with E-state index in [1.807, 2.05) is 0 Å². The van der Waals surface area contributed by atoms with E-state index >= 15 is 0 Å². The van der Waals surface area contributed by atoms with Gasteiger partial charge in [0.2, 0.25) is 5.91 Å². The minimum absolute atomic E-state index is 0.0116. The van der Waals surface area contributed by atoms with Gasteiger partial charge in [-0.2, -0.15) is 0 Å². The number of amides is 1. The van der Waals surface area contributed by atoms with Gasteiger partial charge in [0.15, 0.2) is 0 Å². The number of esters is 1. The molecule has 1 fully saturated rings. The number of hydrogen-bond donors (Lipinski definition) is 1. The van der Waals surface area contributed by atoms with Crippen molar-refractivity contribution in [1.82, 2.24) is 4.90 Å². The summed E-state index contributed by atoms with van der Waals surface area (Å²) in [5.74, 6) is -0.347. The number of carbonyl (C=O) groups is 2. The van der Waals surface area contributed by atoms with Crippen molar-refractivity contribution < 1.29 is 14.3 Å². The summed E-state index contributed by atoms with van der Waals surface area (Å²) >= 11 is 0. The maximum Gasteiger partial charge on any atom is 0.307 e. The van der Waals surface area contributed by atoms with E-state index in [1.54, 1.807) is 4.90 Å². The van der Waals surface area contributed by atoms with Crippen molar-refractivity contribution in [2.75, 3.05) is 20.2 Å². The number of carbonyl (C=O) groups excluding carboxylic acids is 2. The summed E-state index contributed by atoms with van der Waals surface area (Å²) in [7, 11) is 1.36. The first-order valence-electron chi connectivity index (χ1n) is 5.25. The largest absolute Gasteiger partial charge is 0.469 e. The lowest BCUT2D eigenvalue weighted by Gasteiger charge is -2.34. The Balaban J connectivity index is 2.57. The van der Waals surface area contributed by atoms with E-state index in [9.17, 15) is 9.59 Å². The summed E-state index contributed by atoms with van der Waals surface area (Å²) in [6.07, 6.45) is 3.18. The highest BCUT2D eigenvalue weighted by atomic mass is 16.5. The third-order valence-electron chi connectivity index (χ3n) is 2.75. The van der Waals surface area contributed by atoms with Crippen LogP contribution in [0, 0.1) is 0 Å². The van der Waals surface area contributed by atoms with Crippen molar-refractivity contribution in [3.05, 3.63) is 0 Å². The fraction of sp³-hybridized carbons (Fsp3) is 0.800. The maximum absolute atomic E-state index is 11.5. The van der Waals surface area contributed by atoms with Crippen molar-refractivity contribution in [2.24, 2.45) is 5.73 Å². The highest BCUT2D eigenvalue weighted by Crippen LogP contribution is 2.19. The van der Waals surface area contributed by atoms with Crippen LogP contribution in [0.3, 0.4) is 0 Å². The van der Waals surface area contributed by atoms with Crippen LogP contribution >= 0.6 is 0 Å². The van der Waals surface area contributed by atoms with Gasteiger partial charge >= 0.3 is 5.97 Å². The summed E-state index contributed by atoms with van der Waals surface area (Å²) in [5, 5.41) is 0. The van der Waals surface area contributed by atoms with Crippen molar-refractivity contribution in [3.8, 4) is 0 Å². The number of methoxy groups -OCH3 is 1. The van der Waals surface area contributed by atoms with Gasteiger partial charge in [0.1, 0.15) is 0 Å². The Morgan fingerprint density at radius 1 is 1.47 bits per heavy atom. The molecular weight excluding hydrogens is 196 g/mol. The highest BCUT2D eigenvalue weighted by Gasteiger charge is 2.27. The molecule has 0 aromatic rings. The number of hydrogen-bond acceptors (Lipinski definition) is 4. The zero-order valence-electron chi connectivity index (χ0n) is 9.07. The van der Waals surface area contributed by atoms with Crippen molar-refractivity contribution in [1.29, 1.82) is 0 Å². The van der Waals surface area contributed by atoms with Crippen LogP contribution in [0.25, 0.3) is 0 Å². The third-order valence-corrected chi connectivity index (χ3v) is 2.75. The first-order chi connectivity index (χ1) is 7.19. The SMILES string of the molecule is COC(=O)CC1CCCCN1C(=O)CN. The minimum Gasteiger partial charge on any atom is -0.469 e. The lowest BCUT2D eigenvalue weighted by atomic mass is 9.99. The molecule has 86 valence electrons. The van der Waals surface area contributed by atoms with Crippen molar-refractivity contribution >= 4 is 11.9 Å². The van der Waals surface area contributed by atoms with Crippen LogP contribution in [-0.4, -0.2) is 43.0 Å². The summed E-state index contributed by atoms with van der Waals surface area (Å²) in [4.78, 5) is 24.3. The number of nitrogens with two attached hydrogens (primary N) is 1. The van der Waals surface area contributed by atoms with Gasteiger partial charge in [0.05, 0.1) is 20.1 Å². The van der Waals surface area contributed by atoms with E-state index < -0.39 is 0 Å². The Morgan fingerprint density at radius 3 is 2.80 bits per heavy atom. The molecule has 1 rings (SSSR count). The zero-order valence-corrected chi connectivity index (χ0v) is 9.07. The van der Waals surface area contributed by atoms with E-state index in [0.717, 1.165) is 19.3 Å². The fourth-order valence-electron chi connectivity index (χ4n) is 1.93. The maximum atomic E-state index is 11.5. The van der Waals surface area contributed by atoms with Gasteiger partial charge in [-0.25, -0.2) is 0 Å². The van der Waals surface area contributed by atoms with E-state index in [2.05, 4.69) is 4.74 Å². The summed E-state index contributed by atoms with van der Waals surface area (Å²) < 4.78 is 4.61. The minimum atomic E-state index is -0.267. The second-order valence-corrected chi connectivity index (χ2v) is 3.72. The normalized spacial score (nSPS) is 21.2. The van der Waals surface area contributed by atoms with Gasteiger partial charge in [-0.15, -0.1) is 0 Å². The molecular formula is C10H18N2O3. The number of rotatable bonds is 3. The average Bonchev–Trinajstić information content (AvgIpc) is 2.28. The van der Waals surface area contributed by atoms with Crippen LogP contribution < -0.4 is 5.73 Å². The smallest absolute Gasteiger partial charge is 0.307 e. The number of nitrogens with zero attached hydrogens (tertiary/aromatic N) is 1. The van der Waals surface area contributed by atoms with Crippen LogP contribution in [0.5, 0.6) is 0 Å². The molecule has 0 aliphatic carbocycles. The Hall–Kier alpha value is -1.10. The molecule has 0 saturated carbocycles. The molecule has 1 amide bonds. The molecule has 5 nitrogen and oxygen atoms in total. The van der Waals surface area contributed by atoms with E-state index in [4.69, 9.17) is 5.73 Å². The Kier molecular flexibility index (Phi) is 4.55. The zero-order chi connectivity index (χ0) is 11.3. The van der Waals surface area contributed by atoms with Crippen LogP contribution in [0.2, 0.25) is 0 Å². The molecule has 0 spiro atoms. The summed E-state index contributed by atoms with van der Waals surface area (Å²) in [5.41, 5.74) is 5.32. The van der Waals surface area contributed by atoms with Gasteiger partial charge in [0.25, 0.3) is 0 Å². The topological polar surface area (TPSA) is 72.6 Å². The molecule has 1 aliphatic rings. The Morgan fingerprint density at radius 2 is 2.20 bits per heavy atom. The second kappa shape index (κ2) is 5.70. The Labute approximate surface area is 89.6 Å². The van der Waals surface area contributed by atoms with E-state index in [0.29, 0.717) is 6.54 Å². The standard InChI is InChI=1S/C10H18N2O3/c1-15-10(14)6-8-4-2-3-5-12(8)9(13)7-11/h8H,2-7,11H2,1H3. The van der Waals surface area contributed by atoms with Gasteiger partial charge in [0, 0.05) is 12.6 Å². The van der Waals surface area contributed by atoms with Gasteiger partial charge < -0.3 is 15.4 Å². The average molecular weight is 214 g/mol. The third kappa shape index (κ3) is 3.20. The van der Waals surface area contributed by atoms with Crippen molar-refractivity contribution in [2.45, 2.75) is 31.7 Å². The molecule has 1 saturated heterocycles. The van der Waals surface area contributed by atoms with E-state index in [1.165, 1.54) is 7.11 Å². The summed E-state index contributed by atoms with van der Waals surface area (Å²) in [6.45, 7) is 0.718. The first-order valence-corrected chi connectivity index (χ1v) is 5.25. The van der Waals surface area contributed by atoms with E-state index in [-0.39, 0.29) is 30.9 Å². The van der Waals surface area contributed by atoms with Crippen molar-refractivity contribution in [3.63, 3.8) is 0 Å². The molecule has 1 heterocycles. The van der Waals surface area contributed by atoms with Crippen LogP contribution in [-0.2, 0) is 14.3 Å². The highest BCUT2D eigenvalue weighted by molar-refractivity contribution is 5.79. The van der Waals surface area contributed by atoms with Gasteiger partial charge in [-0.05, 0) is 19.3 Å². The lowest BCUT2D eigenvalue weighted by Crippen LogP contribution is -2.47. The molecule has 2 N–H and O–H groups in total. The molecule has 0 aromatic heterocycles. The quantitative estimate of drug-likeness (QED) is 0.665. The fourth-order valence-corrected chi connectivity index (χ4v) is 1.93. The predicted octanol–water partition coefficient (Wildman–Crippen LogP) is -0.111. The second-order valence-electron chi connectivity index (χ2n) is 3.72. The molecule has 0 radical (unpaired) electrons. The molecule has 0 bridgehead atoms. The summed E-state index contributed by atoms with van der Waals surface area (Å²) in [6, 6.07) is -0.0257. The lowest BCUT2D eigenvalue weighted by molar-refractivity contribution is -0.144.